The van der Waals surface area contributed by atoms with Gasteiger partial charge in [-0.3, -0.25) is 0 Å². The fraction of sp³-hybridized carbons (Fsp3) is 0. The summed E-state index contributed by atoms with van der Waals surface area (Å²) < 4.78 is 20.4. The highest BCUT2D eigenvalue weighted by Crippen LogP contribution is 2.44. The Labute approximate surface area is 477 Å². The van der Waals surface area contributed by atoms with Gasteiger partial charge in [0.05, 0.1) is 22.1 Å². The maximum atomic E-state index is 6.74. The van der Waals surface area contributed by atoms with Crippen LogP contribution in [-0.2, 0) is 0 Å². The molecule has 7 nitrogen and oxygen atoms in total. The number of rotatable bonds is 7. The molecule has 0 saturated heterocycles. The maximum Gasteiger partial charge on any atom is 0.164 e. The van der Waals surface area contributed by atoms with E-state index in [-0.39, 0.29) is 0 Å². The lowest BCUT2D eigenvalue weighted by atomic mass is 9.99. The highest BCUT2D eigenvalue weighted by atomic mass is 32.1. The molecule has 0 aliphatic heterocycles. The van der Waals surface area contributed by atoms with Gasteiger partial charge in [0, 0.05) is 97.4 Å². The Morgan fingerprint density at radius 2 is 0.759 bits per heavy atom. The third kappa shape index (κ3) is 7.13. The van der Waals surface area contributed by atoms with Gasteiger partial charge in [-0.1, -0.05) is 158 Å². The third-order valence-corrected chi connectivity index (χ3v) is 17.9. The van der Waals surface area contributed by atoms with Gasteiger partial charge in [-0.05, 0) is 119 Å². The van der Waals surface area contributed by atoms with E-state index in [9.17, 15) is 0 Å². The van der Waals surface area contributed by atoms with Gasteiger partial charge in [-0.25, -0.2) is 15.0 Å². The van der Waals surface area contributed by atoms with Gasteiger partial charge in [0.2, 0.25) is 0 Å². The van der Waals surface area contributed by atoms with Crippen molar-refractivity contribution >= 4 is 119 Å². The summed E-state index contributed by atoms with van der Waals surface area (Å²) in [6.45, 7) is 0. The van der Waals surface area contributed by atoms with Crippen LogP contribution in [0.25, 0.3) is 175 Å². The van der Waals surface area contributed by atoms with Crippen molar-refractivity contribution in [3.8, 4) is 67.8 Å². The molecule has 6 heterocycles. The number of fused-ring (bicyclic) bond motifs is 15. The van der Waals surface area contributed by atoms with Gasteiger partial charge < -0.3 is 18.0 Å². The summed E-state index contributed by atoms with van der Waals surface area (Å²) >= 11 is 1.78. The zero-order valence-corrected chi connectivity index (χ0v) is 45.1. The second-order valence-corrected chi connectivity index (χ2v) is 22.6. The van der Waals surface area contributed by atoms with E-state index < -0.39 is 0 Å². The van der Waals surface area contributed by atoms with Crippen molar-refractivity contribution in [2.24, 2.45) is 0 Å². The topological polar surface area (TPSA) is 74.8 Å². The summed E-state index contributed by atoms with van der Waals surface area (Å²) in [5.41, 5.74) is 17.4. The predicted molar refractivity (Wildman–Crippen MR) is 343 cm³/mol. The monoisotopic (exact) mass is 1080 g/mol. The summed E-state index contributed by atoms with van der Waals surface area (Å²) in [6.07, 6.45) is 0. The average Bonchev–Trinajstić information content (AvgIpc) is 4.51. The first-order valence-electron chi connectivity index (χ1n) is 27.9. The fourth-order valence-electron chi connectivity index (χ4n) is 12.9. The summed E-state index contributed by atoms with van der Waals surface area (Å²) in [5, 5.41) is 11.5. The van der Waals surface area contributed by atoms with E-state index in [0.29, 0.717) is 17.5 Å². The van der Waals surface area contributed by atoms with Crippen LogP contribution in [-0.4, -0.2) is 24.1 Å². The summed E-state index contributed by atoms with van der Waals surface area (Å²) in [4.78, 5) is 15.7. The van der Waals surface area contributed by atoms with Crippen LogP contribution in [0.5, 0.6) is 0 Å². The minimum Gasteiger partial charge on any atom is -0.456 e. The molecule has 0 amide bonds. The van der Waals surface area contributed by atoms with Crippen LogP contribution >= 0.6 is 11.3 Å². The molecule has 0 N–H and O–H groups in total. The first-order chi connectivity index (χ1) is 41.1. The SMILES string of the molecule is c1ccc(-c2nc(-c3ccc4c(c3)oc3cc(-n5c6ccccc6c6ccccc65)ccc34)nc(-c3cccc4sc5cc(-c6ccc7c(c6)oc6ccc(-c8ccc9c%10ccccc%10n(-c%10ccccc%10)c9c8)cc67)ccc5c34)n2)cc1. The molecule has 0 atom stereocenters. The van der Waals surface area contributed by atoms with Crippen LogP contribution in [0.4, 0.5) is 0 Å². The first kappa shape index (κ1) is 45.9. The van der Waals surface area contributed by atoms with Gasteiger partial charge in [-0.2, -0.15) is 0 Å². The van der Waals surface area contributed by atoms with E-state index >= 15 is 0 Å². The normalized spacial score (nSPS) is 12.1. The number of para-hydroxylation sites is 4. The lowest BCUT2D eigenvalue weighted by Crippen LogP contribution is -2.00. The predicted octanol–water partition coefficient (Wildman–Crippen LogP) is 20.6. The van der Waals surface area contributed by atoms with Crippen LogP contribution in [0.15, 0.2) is 270 Å². The van der Waals surface area contributed by atoms with E-state index in [1.54, 1.807) is 11.3 Å². The van der Waals surface area contributed by atoms with Gasteiger partial charge in [0.25, 0.3) is 0 Å². The number of hydrogen-bond acceptors (Lipinski definition) is 6. The van der Waals surface area contributed by atoms with Crippen molar-refractivity contribution in [1.29, 1.82) is 0 Å². The number of aromatic nitrogens is 5. The van der Waals surface area contributed by atoms with E-state index in [2.05, 4.69) is 252 Å². The molecule has 0 bridgehead atoms. The van der Waals surface area contributed by atoms with Crippen molar-refractivity contribution in [3.05, 3.63) is 261 Å². The molecule has 83 heavy (non-hydrogen) atoms. The van der Waals surface area contributed by atoms with E-state index in [4.69, 9.17) is 23.8 Å². The Morgan fingerprint density at radius 1 is 0.265 bits per heavy atom. The number of thiophene rings is 1. The maximum absolute atomic E-state index is 6.74. The van der Waals surface area contributed by atoms with Gasteiger partial charge >= 0.3 is 0 Å². The van der Waals surface area contributed by atoms with Crippen LogP contribution in [0, 0.1) is 0 Å². The molecule has 0 fully saturated rings. The Hall–Kier alpha value is -10.9. The largest absolute Gasteiger partial charge is 0.456 e. The molecule has 18 aromatic rings. The van der Waals surface area contributed by atoms with Crippen molar-refractivity contribution < 1.29 is 8.83 Å². The van der Waals surface area contributed by atoms with Gasteiger partial charge in [-0.15, -0.1) is 11.3 Å². The third-order valence-electron chi connectivity index (χ3n) is 16.8. The number of hydrogen-bond donors (Lipinski definition) is 0. The fourth-order valence-corrected chi connectivity index (χ4v) is 14.1. The highest BCUT2D eigenvalue weighted by Gasteiger charge is 2.21. The molecule has 0 aliphatic rings. The molecule has 0 saturated carbocycles. The van der Waals surface area contributed by atoms with E-state index in [0.717, 1.165) is 121 Å². The molecular formula is C75H43N5O2S. The summed E-state index contributed by atoms with van der Waals surface area (Å²) in [7, 11) is 0. The number of furan rings is 2. The smallest absolute Gasteiger partial charge is 0.164 e. The minimum absolute atomic E-state index is 0.572. The van der Waals surface area contributed by atoms with Gasteiger partial charge in [0.15, 0.2) is 17.5 Å². The summed E-state index contributed by atoms with van der Waals surface area (Å²) in [5.74, 6) is 1.79. The highest BCUT2D eigenvalue weighted by molar-refractivity contribution is 7.26. The van der Waals surface area contributed by atoms with Gasteiger partial charge in [0.1, 0.15) is 22.3 Å². The quantitative estimate of drug-likeness (QED) is 0.159. The zero-order chi connectivity index (χ0) is 54.3. The van der Waals surface area contributed by atoms with E-state index in [1.807, 2.05) is 18.2 Å². The standard InChI is InChI=1S/C75H43N5O2S/c1-3-14-44(15-4-1)73-76-74(49-29-34-56-57-36-31-51(43-69(57)82-68(56)41-49)80-63-23-11-7-18-52(63)53-19-8-12-24-64(53)80)78-75(77-73)60-21-13-25-70-72(60)59-35-28-48(42-71(59)83-70)47-27-33-58-61-38-45(30-37-66(61)81-67(58)40-47)46-26-32-55-54-20-9-10-22-62(54)79(65(55)39-46)50-16-5-2-6-17-50/h1-43H. The second-order valence-electron chi connectivity index (χ2n) is 21.5. The molecule has 0 aliphatic carbocycles. The lowest BCUT2D eigenvalue weighted by molar-refractivity contribution is 0.668. The number of nitrogens with zero attached hydrogens (tertiary/aromatic N) is 5. The lowest BCUT2D eigenvalue weighted by Gasteiger charge is -2.10. The molecule has 12 aromatic carbocycles. The molecule has 0 radical (unpaired) electrons. The molecular weight excluding hydrogens is 1030 g/mol. The van der Waals surface area contributed by atoms with Crippen molar-refractivity contribution in [3.63, 3.8) is 0 Å². The van der Waals surface area contributed by atoms with Crippen molar-refractivity contribution in [2.75, 3.05) is 0 Å². The molecule has 18 rings (SSSR count). The average molecular weight is 1080 g/mol. The van der Waals surface area contributed by atoms with Crippen molar-refractivity contribution in [1.82, 2.24) is 24.1 Å². The Morgan fingerprint density at radius 3 is 1.48 bits per heavy atom. The summed E-state index contributed by atoms with van der Waals surface area (Å²) in [6, 6.07) is 92.7. The Kier molecular flexibility index (Phi) is 9.83. The second kappa shape index (κ2) is 17.8. The zero-order valence-electron chi connectivity index (χ0n) is 44.3. The Bertz CT molecular complexity index is 5660. The van der Waals surface area contributed by atoms with Crippen LogP contribution in [0.1, 0.15) is 0 Å². The van der Waals surface area contributed by atoms with Crippen LogP contribution in [0.3, 0.4) is 0 Å². The molecule has 6 aromatic heterocycles. The van der Waals surface area contributed by atoms with E-state index in [1.165, 1.54) is 37.3 Å². The van der Waals surface area contributed by atoms with Crippen LogP contribution < -0.4 is 0 Å². The Balaban J connectivity index is 0.700. The van der Waals surface area contributed by atoms with Crippen LogP contribution in [0.2, 0.25) is 0 Å². The molecule has 386 valence electrons. The minimum atomic E-state index is 0.572. The first-order valence-corrected chi connectivity index (χ1v) is 28.7. The molecule has 8 heteroatoms. The molecule has 0 spiro atoms. The van der Waals surface area contributed by atoms with Crippen molar-refractivity contribution in [2.45, 2.75) is 0 Å². The molecule has 0 unspecified atom stereocenters. The number of benzene rings is 12.